The summed E-state index contributed by atoms with van der Waals surface area (Å²) < 4.78 is 71.4. The molecule has 0 spiro atoms. The van der Waals surface area contributed by atoms with Gasteiger partial charge < -0.3 is 31.7 Å². The first kappa shape index (κ1) is 47.1. The zero-order valence-corrected chi connectivity index (χ0v) is 36.5. The third kappa shape index (κ3) is 14.6. The van der Waals surface area contributed by atoms with Crippen molar-refractivity contribution in [1.82, 2.24) is 35.2 Å². The van der Waals surface area contributed by atoms with Crippen LogP contribution >= 0.6 is 0 Å². The van der Waals surface area contributed by atoms with Crippen LogP contribution in [0.25, 0.3) is 12.2 Å². The van der Waals surface area contributed by atoms with Crippen LogP contribution in [-0.4, -0.2) is 92.5 Å². The standard InChI is InChI=1S/C43H45N11O9S2/c1-2-21-44-38(55)19-22-45-41-52-42(47-32-11-7-4-8-12-32)54-43(53-41)48-33-18-17-31(35(27-33)65(61,62)63)16-15-30-14-13-29(24-34(30)64(58,59)60)26-37-49-36(25-28-9-5-3-6-10-28)50-40(51-37)46-23-20-39(56)57/h3-18,24,27H,2,19-23,25-26H2,1H3,(H,44,55)(H,56,57)(H,58,59,60)(H,61,62,63)(H,46,49,50,51)(H3,45,47,48,52,53,54)/b16-15+. The summed E-state index contributed by atoms with van der Waals surface area (Å²) >= 11 is 0. The molecule has 1 amide bonds. The van der Waals surface area contributed by atoms with Gasteiger partial charge in [0.2, 0.25) is 29.7 Å². The van der Waals surface area contributed by atoms with E-state index >= 15 is 0 Å². The molecule has 0 bridgehead atoms. The average Bonchev–Trinajstić information content (AvgIpc) is 3.25. The molecular weight excluding hydrogens is 879 g/mol. The minimum atomic E-state index is -4.88. The number of para-hydroxylation sites is 1. The molecule has 2 heterocycles. The molecule has 0 aliphatic carbocycles. The van der Waals surface area contributed by atoms with Crippen molar-refractivity contribution in [2.75, 3.05) is 40.9 Å². The molecule has 4 aromatic carbocycles. The van der Waals surface area contributed by atoms with Crippen molar-refractivity contribution < 1.29 is 40.6 Å². The summed E-state index contributed by atoms with van der Waals surface area (Å²) in [4.78, 5) is 48.8. The third-order valence-electron chi connectivity index (χ3n) is 9.14. The van der Waals surface area contributed by atoms with Crippen LogP contribution in [0.1, 0.15) is 60.1 Å². The highest BCUT2D eigenvalue weighted by molar-refractivity contribution is 7.86. The van der Waals surface area contributed by atoms with Crippen LogP contribution in [0.3, 0.4) is 0 Å². The van der Waals surface area contributed by atoms with Crippen molar-refractivity contribution in [2.24, 2.45) is 0 Å². The number of nitrogens with zero attached hydrogens (tertiary/aromatic N) is 6. The number of aliphatic carboxylic acids is 1. The van der Waals surface area contributed by atoms with E-state index in [-0.39, 0.29) is 84.7 Å². The van der Waals surface area contributed by atoms with Crippen LogP contribution in [0.2, 0.25) is 0 Å². The molecule has 0 saturated heterocycles. The van der Waals surface area contributed by atoms with Crippen LogP contribution < -0.4 is 26.6 Å². The second kappa shape index (κ2) is 21.8. The molecule has 0 aliphatic heterocycles. The fraction of sp³-hybridized carbons (Fsp3) is 0.209. The van der Waals surface area contributed by atoms with E-state index in [1.165, 1.54) is 36.4 Å². The Morgan fingerprint density at radius 3 is 1.69 bits per heavy atom. The average molecular weight is 924 g/mol. The topological polar surface area (TPSA) is 301 Å². The number of rotatable bonds is 22. The van der Waals surface area contributed by atoms with Crippen molar-refractivity contribution in [3.05, 3.63) is 131 Å². The van der Waals surface area contributed by atoms with Gasteiger partial charge in [0.15, 0.2) is 0 Å². The normalized spacial score (nSPS) is 11.6. The van der Waals surface area contributed by atoms with Gasteiger partial charge in [0.1, 0.15) is 21.4 Å². The molecule has 8 N–H and O–H groups in total. The lowest BCUT2D eigenvalue weighted by Crippen LogP contribution is -2.26. The van der Waals surface area contributed by atoms with Gasteiger partial charge in [-0.05, 0) is 59.0 Å². The molecule has 6 rings (SSSR count). The van der Waals surface area contributed by atoms with Crippen molar-refractivity contribution >= 4 is 79.4 Å². The second-order valence-electron chi connectivity index (χ2n) is 14.3. The van der Waals surface area contributed by atoms with E-state index in [9.17, 15) is 35.5 Å². The van der Waals surface area contributed by atoms with E-state index in [2.05, 4.69) is 56.5 Å². The Morgan fingerprint density at radius 2 is 1.09 bits per heavy atom. The van der Waals surface area contributed by atoms with Crippen molar-refractivity contribution in [3.8, 4) is 0 Å². The van der Waals surface area contributed by atoms with Crippen LogP contribution in [0.15, 0.2) is 107 Å². The fourth-order valence-electron chi connectivity index (χ4n) is 6.14. The predicted molar refractivity (Wildman–Crippen MR) is 243 cm³/mol. The number of carboxylic acids is 1. The van der Waals surface area contributed by atoms with Crippen molar-refractivity contribution in [2.45, 2.75) is 48.8 Å². The second-order valence-corrected chi connectivity index (χ2v) is 17.0. The largest absolute Gasteiger partial charge is 0.481 e. The number of aromatic nitrogens is 6. The van der Waals surface area contributed by atoms with Gasteiger partial charge in [-0.25, -0.2) is 4.98 Å². The minimum absolute atomic E-state index is 0.00936. The van der Waals surface area contributed by atoms with Gasteiger partial charge in [0.05, 0.1) is 6.42 Å². The molecular formula is C43H45N11O9S2. The SMILES string of the molecule is CCCNC(=O)CCNc1nc(Nc2ccccc2)nc(Nc2ccc(/C=C/c3ccc(Cc4nc(Cc5ccccc5)nc(NCCC(=O)O)n4)cc3S(=O)(=O)O)c(S(=O)(=O)O)c2)n1. The van der Waals surface area contributed by atoms with Crippen LogP contribution in [0.4, 0.5) is 35.2 Å². The van der Waals surface area contributed by atoms with Crippen molar-refractivity contribution in [1.29, 1.82) is 0 Å². The Bertz CT molecular complexity index is 2890. The number of nitrogens with one attached hydrogen (secondary N) is 5. The molecule has 2 aromatic heterocycles. The lowest BCUT2D eigenvalue weighted by Gasteiger charge is -2.13. The Labute approximate surface area is 374 Å². The first-order valence-corrected chi connectivity index (χ1v) is 23.0. The minimum Gasteiger partial charge on any atom is -0.481 e. The van der Waals surface area contributed by atoms with Crippen LogP contribution in [0, 0.1) is 0 Å². The molecule has 0 saturated carbocycles. The Balaban J connectivity index is 1.25. The van der Waals surface area contributed by atoms with E-state index in [0.717, 1.165) is 18.1 Å². The molecule has 0 atom stereocenters. The molecule has 0 fully saturated rings. The summed E-state index contributed by atoms with van der Waals surface area (Å²) in [5.41, 5.74) is 2.06. The number of amides is 1. The highest BCUT2D eigenvalue weighted by Gasteiger charge is 2.19. The van der Waals surface area contributed by atoms with Gasteiger partial charge in [0.25, 0.3) is 20.2 Å². The molecule has 0 unspecified atom stereocenters. The zero-order chi connectivity index (χ0) is 46.4. The van der Waals surface area contributed by atoms with Gasteiger partial charge in [-0.15, -0.1) is 0 Å². The molecule has 0 radical (unpaired) electrons. The van der Waals surface area contributed by atoms with Gasteiger partial charge in [-0.3, -0.25) is 18.7 Å². The third-order valence-corrected chi connectivity index (χ3v) is 11.0. The summed E-state index contributed by atoms with van der Waals surface area (Å²) in [6.07, 6.45) is 3.60. The monoisotopic (exact) mass is 923 g/mol. The lowest BCUT2D eigenvalue weighted by molar-refractivity contribution is -0.136. The quantitative estimate of drug-likeness (QED) is 0.0303. The predicted octanol–water partition coefficient (Wildman–Crippen LogP) is 5.60. The molecule has 0 aliphatic rings. The van der Waals surface area contributed by atoms with Crippen LogP contribution in [-0.2, 0) is 42.7 Å². The Morgan fingerprint density at radius 1 is 0.569 bits per heavy atom. The number of benzene rings is 4. The summed E-state index contributed by atoms with van der Waals surface area (Å²) in [7, 11) is -9.73. The number of carbonyl (C=O) groups excluding carboxylic acids is 1. The van der Waals surface area contributed by atoms with Crippen LogP contribution in [0.5, 0.6) is 0 Å². The van der Waals surface area contributed by atoms with Gasteiger partial charge in [-0.1, -0.05) is 85.8 Å². The molecule has 20 nitrogen and oxygen atoms in total. The lowest BCUT2D eigenvalue weighted by atomic mass is 10.1. The zero-order valence-electron chi connectivity index (χ0n) is 34.8. The Kier molecular flexibility index (Phi) is 15.8. The molecule has 65 heavy (non-hydrogen) atoms. The number of anilines is 6. The van der Waals surface area contributed by atoms with Gasteiger partial charge in [0, 0.05) is 50.3 Å². The summed E-state index contributed by atoms with van der Waals surface area (Å²) in [6.45, 7) is 2.74. The number of hydrogen-bond donors (Lipinski definition) is 8. The smallest absolute Gasteiger partial charge is 0.305 e. The highest BCUT2D eigenvalue weighted by Crippen LogP contribution is 2.27. The van der Waals surface area contributed by atoms with E-state index in [0.29, 0.717) is 30.0 Å². The van der Waals surface area contributed by atoms with E-state index in [1.807, 2.05) is 55.5 Å². The number of carbonyl (C=O) groups is 2. The Hall–Kier alpha value is -7.40. The van der Waals surface area contributed by atoms with Gasteiger partial charge in [-0.2, -0.15) is 41.8 Å². The first-order valence-electron chi connectivity index (χ1n) is 20.1. The molecule has 22 heteroatoms. The maximum atomic E-state index is 12.7. The summed E-state index contributed by atoms with van der Waals surface area (Å²) in [5.74, 6) is -0.212. The maximum Gasteiger partial charge on any atom is 0.305 e. The maximum absolute atomic E-state index is 12.7. The van der Waals surface area contributed by atoms with Gasteiger partial charge >= 0.3 is 5.97 Å². The highest BCUT2D eigenvalue weighted by atomic mass is 32.2. The number of carboxylic acid groups (broad SMARTS) is 1. The summed E-state index contributed by atoms with van der Waals surface area (Å²) in [5, 5.41) is 23.8. The number of hydrogen-bond acceptors (Lipinski definition) is 16. The van der Waals surface area contributed by atoms with E-state index in [4.69, 9.17) is 5.11 Å². The van der Waals surface area contributed by atoms with E-state index in [1.54, 1.807) is 18.2 Å². The molecule has 6 aromatic rings. The first-order chi connectivity index (χ1) is 31.1. The summed E-state index contributed by atoms with van der Waals surface area (Å²) in [6, 6.07) is 26.6. The van der Waals surface area contributed by atoms with Crippen molar-refractivity contribution in [3.63, 3.8) is 0 Å². The fourth-order valence-corrected chi connectivity index (χ4v) is 7.58. The molecule has 338 valence electrons. The van der Waals surface area contributed by atoms with E-state index < -0.39 is 36.0 Å².